The lowest BCUT2D eigenvalue weighted by Gasteiger charge is -2.29. The molecule has 0 aromatic heterocycles. The van der Waals surface area contributed by atoms with Crippen molar-refractivity contribution in [2.75, 3.05) is 19.6 Å². The molecule has 1 heteroatoms. The van der Waals surface area contributed by atoms with E-state index in [0.717, 1.165) is 0 Å². The van der Waals surface area contributed by atoms with Crippen LogP contribution in [0.1, 0.15) is 13.3 Å². The van der Waals surface area contributed by atoms with Gasteiger partial charge in [0.25, 0.3) is 0 Å². The van der Waals surface area contributed by atoms with Gasteiger partial charge in [0, 0.05) is 13.1 Å². The van der Waals surface area contributed by atoms with E-state index in [9.17, 15) is 0 Å². The van der Waals surface area contributed by atoms with E-state index in [2.05, 4.69) is 18.2 Å². The van der Waals surface area contributed by atoms with Gasteiger partial charge in [-0.2, -0.15) is 0 Å². The van der Waals surface area contributed by atoms with Gasteiger partial charge in [-0.25, -0.2) is 0 Å². The Morgan fingerprint density at radius 2 is 2.29 bits per heavy atom. The van der Waals surface area contributed by atoms with Gasteiger partial charge in [0.15, 0.2) is 0 Å². The third kappa shape index (κ3) is 1.16. The highest BCUT2D eigenvalue weighted by atomic mass is 15.2. The summed E-state index contributed by atoms with van der Waals surface area (Å²) in [5.74, 6) is 0. The van der Waals surface area contributed by atoms with Crippen LogP contribution < -0.4 is 0 Å². The lowest BCUT2D eigenvalue weighted by molar-refractivity contribution is 0.244. The highest BCUT2D eigenvalue weighted by molar-refractivity contribution is 4.85. The third-order valence-electron chi connectivity index (χ3n) is 1.31. The minimum absolute atomic E-state index is 1.23. The molecule has 0 aliphatic carbocycles. The molecule has 0 aromatic rings. The van der Waals surface area contributed by atoms with Crippen molar-refractivity contribution in [2.24, 2.45) is 0 Å². The first-order valence-electron chi connectivity index (χ1n) is 2.97. The molecule has 1 rings (SSSR count). The van der Waals surface area contributed by atoms with Crippen LogP contribution in [0.25, 0.3) is 0 Å². The highest BCUT2D eigenvalue weighted by Gasteiger charge is 2.10. The van der Waals surface area contributed by atoms with Crippen LogP contribution in [-0.4, -0.2) is 24.5 Å². The largest absolute Gasteiger partial charge is 0.303 e. The third-order valence-corrected chi connectivity index (χ3v) is 1.31. The molecule has 1 nitrogen and oxygen atoms in total. The molecule has 0 unspecified atom stereocenters. The zero-order valence-corrected chi connectivity index (χ0v) is 4.85. The zero-order chi connectivity index (χ0) is 5.11. The van der Waals surface area contributed by atoms with Crippen molar-refractivity contribution in [2.45, 2.75) is 13.3 Å². The summed E-state index contributed by atoms with van der Waals surface area (Å²) in [6, 6.07) is 0. The average Bonchev–Trinajstić information content (AvgIpc) is 1.55. The normalized spacial score (nSPS) is 21.9. The molecule has 41 valence electrons. The van der Waals surface area contributed by atoms with Crippen LogP contribution >= 0.6 is 0 Å². The molecule has 0 saturated carbocycles. The molecule has 1 aliphatic rings. The van der Waals surface area contributed by atoms with Gasteiger partial charge in [0.05, 0.1) is 0 Å². The summed E-state index contributed by atoms with van der Waals surface area (Å²) in [6.07, 6.45) is 3.60. The lowest BCUT2D eigenvalue weighted by atomic mass is 10.2. The van der Waals surface area contributed by atoms with E-state index in [-0.39, 0.29) is 0 Å². The first-order valence-corrected chi connectivity index (χ1v) is 2.97. The summed E-state index contributed by atoms with van der Waals surface area (Å²) >= 11 is 0. The maximum absolute atomic E-state index is 2.43. The van der Waals surface area contributed by atoms with E-state index in [0.29, 0.717) is 0 Å². The van der Waals surface area contributed by atoms with E-state index in [1.165, 1.54) is 26.1 Å². The molecule has 1 aliphatic heterocycles. The quantitative estimate of drug-likeness (QED) is 0.496. The molecule has 0 aromatic carbocycles. The predicted molar refractivity (Wildman–Crippen MR) is 31.0 cm³/mol. The van der Waals surface area contributed by atoms with Crippen molar-refractivity contribution in [3.63, 3.8) is 0 Å². The van der Waals surface area contributed by atoms with Crippen LogP contribution in [0.15, 0.2) is 0 Å². The van der Waals surface area contributed by atoms with Crippen LogP contribution in [0, 0.1) is 6.42 Å². The van der Waals surface area contributed by atoms with Gasteiger partial charge in [0.1, 0.15) is 0 Å². The summed E-state index contributed by atoms with van der Waals surface area (Å²) in [7, 11) is 0. The molecule has 0 atom stereocenters. The summed E-state index contributed by atoms with van der Waals surface area (Å²) in [5.41, 5.74) is 0. The Bertz CT molecular complexity index is 48.1. The second kappa shape index (κ2) is 2.31. The SMILES string of the molecule is CCCN1C[CH]C1. The number of rotatable bonds is 2. The Labute approximate surface area is 45.3 Å². The maximum Gasteiger partial charge on any atom is 0.00256 e. The Morgan fingerprint density at radius 1 is 1.57 bits per heavy atom. The second-order valence-corrected chi connectivity index (χ2v) is 2.05. The highest BCUT2D eigenvalue weighted by Crippen LogP contribution is 2.03. The summed E-state index contributed by atoms with van der Waals surface area (Å²) < 4.78 is 0. The van der Waals surface area contributed by atoms with Crippen LogP contribution in [0.3, 0.4) is 0 Å². The second-order valence-electron chi connectivity index (χ2n) is 2.05. The van der Waals surface area contributed by atoms with E-state index in [1.54, 1.807) is 0 Å². The van der Waals surface area contributed by atoms with Gasteiger partial charge in [-0.05, 0) is 19.4 Å². The fourth-order valence-corrected chi connectivity index (χ4v) is 0.810. The Morgan fingerprint density at radius 3 is 2.43 bits per heavy atom. The van der Waals surface area contributed by atoms with Crippen molar-refractivity contribution in [1.82, 2.24) is 4.90 Å². The van der Waals surface area contributed by atoms with E-state index >= 15 is 0 Å². The first-order chi connectivity index (χ1) is 3.43. The molecular formula is C6H12N. The summed E-state index contributed by atoms with van der Waals surface area (Å²) in [5, 5.41) is 0. The Kier molecular flexibility index (Phi) is 1.69. The smallest absolute Gasteiger partial charge is 0.00256 e. The number of hydrogen-bond donors (Lipinski definition) is 0. The van der Waals surface area contributed by atoms with Gasteiger partial charge in [-0.15, -0.1) is 0 Å². The van der Waals surface area contributed by atoms with Crippen LogP contribution in [-0.2, 0) is 0 Å². The molecule has 0 N–H and O–H groups in total. The summed E-state index contributed by atoms with van der Waals surface area (Å²) in [4.78, 5) is 2.43. The molecule has 0 amide bonds. The minimum atomic E-state index is 1.23. The molecule has 7 heavy (non-hydrogen) atoms. The van der Waals surface area contributed by atoms with Crippen molar-refractivity contribution >= 4 is 0 Å². The molecular weight excluding hydrogens is 86.1 g/mol. The molecule has 1 radical (unpaired) electrons. The van der Waals surface area contributed by atoms with Crippen molar-refractivity contribution in [3.8, 4) is 0 Å². The average molecular weight is 98.2 g/mol. The first kappa shape index (κ1) is 5.10. The minimum Gasteiger partial charge on any atom is -0.303 e. The number of likely N-dealkylation sites (tertiary alicyclic amines) is 1. The van der Waals surface area contributed by atoms with Crippen molar-refractivity contribution in [3.05, 3.63) is 6.42 Å². The van der Waals surface area contributed by atoms with Gasteiger partial charge in [-0.3, -0.25) is 0 Å². The van der Waals surface area contributed by atoms with Gasteiger partial charge in [-0.1, -0.05) is 6.92 Å². The molecule has 1 heterocycles. The van der Waals surface area contributed by atoms with Crippen molar-refractivity contribution in [1.29, 1.82) is 0 Å². The van der Waals surface area contributed by atoms with Gasteiger partial charge < -0.3 is 4.90 Å². The molecule has 0 bridgehead atoms. The molecule has 1 saturated heterocycles. The number of hydrogen-bond acceptors (Lipinski definition) is 1. The standard InChI is InChI=1S/C6H12N/c1-2-4-7-5-3-6-7/h3H,2,4-6H2,1H3. The zero-order valence-electron chi connectivity index (χ0n) is 4.85. The van der Waals surface area contributed by atoms with E-state index in [4.69, 9.17) is 0 Å². The van der Waals surface area contributed by atoms with Crippen LogP contribution in [0.4, 0.5) is 0 Å². The molecule has 0 spiro atoms. The Balaban J connectivity index is 1.93. The molecule has 1 fully saturated rings. The van der Waals surface area contributed by atoms with Crippen LogP contribution in [0.5, 0.6) is 0 Å². The fourth-order valence-electron chi connectivity index (χ4n) is 0.810. The summed E-state index contributed by atoms with van der Waals surface area (Å²) in [6.45, 7) is 5.97. The number of nitrogens with zero attached hydrogens (tertiary/aromatic N) is 1. The van der Waals surface area contributed by atoms with E-state index in [1.807, 2.05) is 0 Å². The Hall–Kier alpha value is -0.0400. The van der Waals surface area contributed by atoms with Crippen LogP contribution in [0.2, 0.25) is 0 Å². The monoisotopic (exact) mass is 98.1 g/mol. The lowest BCUT2D eigenvalue weighted by Crippen LogP contribution is -2.38. The fraction of sp³-hybridized carbons (Fsp3) is 0.833. The van der Waals surface area contributed by atoms with Gasteiger partial charge >= 0.3 is 0 Å². The van der Waals surface area contributed by atoms with E-state index < -0.39 is 0 Å². The topological polar surface area (TPSA) is 3.24 Å². The maximum atomic E-state index is 2.43. The van der Waals surface area contributed by atoms with Crippen molar-refractivity contribution < 1.29 is 0 Å². The predicted octanol–water partition coefficient (Wildman–Crippen LogP) is 0.916. The van der Waals surface area contributed by atoms with Gasteiger partial charge in [0.2, 0.25) is 0 Å².